The molecule has 182 valence electrons. The van der Waals surface area contributed by atoms with Crippen LogP contribution in [-0.2, 0) is 10.9 Å². The molecule has 4 rings (SSSR count). The van der Waals surface area contributed by atoms with Crippen LogP contribution in [0.15, 0.2) is 140 Å². The van der Waals surface area contributed by atoms with Crippen molar-refractivity contribution in [3.05, 3.63) is 115 Å². The largest absolute Gasteiger partial charge is 0.166 e. The maximum atomic E-state index is 2.27. The highest BCUT2D eigenvalue weighted by Gasteiger charge is 2.27. The summed E-state index contributed by atoms with van der Waals surface area (Å²) in [6.45, 7) is 16.0. The Hall–Kier alpha value is -2.42. The van der Waals surface area contributed by atoms with Gasteiger partial charge in [-0.05, 0) is 60.7 Å². The lowest BCUT2D eigenvalue weighted by atomic mass is 10.3. The summed E-state index contributed by atoms with van der Waals surface area (Å²) in [7, 11) is -0.0786. The Morgan fingerprint density at radius 1 is 0.353 bits per heavy atom. The Morgan fingerprint density at radius 2 is 0.647 bits per heavy atom. The van der Waals surface area contributed by atoms with Crippen molar-refractivity contribution in [2.24, 2.45) is 0 Å². The fourth-order valence-electron chi connectivity index (χ4n) is 2.79. The fourth-order valence-corrected chi connectivity index (χ4v) is 5.71. The highest BCUT2D eigenvalue weighted by Crippen LogP contribution is 2.33. The first-order valence-corrected chi connectivity index (χ1v) is 14.6. The van der Waals surface area contributed by atoms with Gasteiger partial charge in [0.1, 0.15) is 0 Å². The molecule has 0 saturated heterocycles. The van der Waals surface area contributed by atoms with Crippen LogP contribution in [-0.4, -0.2) is 0 Å². The molecule has 0 unspecified atom stereocenters. The third kappa shape index (κ3) is 10.7. The molecule has 0 fully saturated rings. The number of benzene rings is 4. The van der Waals surface area contributed by atoms with Crippen molar-refractivity contribution in [2.45, 2.75) is 79.9 Å². The van der Waals surface area contributed by atoms with Gasteiger partial charge >= 0.3 is 0 Å². The first-order chi connectivity index (χ1) is 16.9. The maximum Gasteiger partial charge on any atom is 0.166 e. The lowest BCUT2D eigenvalue weighted by Gasteiger charge is -2.08. The summed E-state index contributed by atoms with van der Waals surface area (Å²) in [5.41, 5.74) is 0. The van der Waals surface area contributed by atoms with Crippen LogP contribution in [0.5, 0.6) is 0 Å². The van der Waals surface area contributed by atoms with Crippen LogP contribution in [0.25, 0.3) is 0 Å². The maximum absolute atomic E-state index is 2.27. The topological polar surface area (TPSA) is 0 Å². The highest BCUT2D eigenvalue weighted by molar-refractivity contribution is 7.99. The SMILES string of the molecule is CC.CC.CC.CC.c1ccc(Sc2ccc([S+](c3ccccc3)c3ccccc3)cc2)cc1. The van der Waals surface area contributed by atoms with Crippen molar-refractivity contribution in [1.29, 1.82) is 0 Å². The summed E-state index contributed by atoms with van der Waals surface area (Å²) >= 11 is 1.80. The molecule has 0 bridgehead atoms. The average Bonchev–Trinajstić information content (AvgIpc) is 2.96. The first kappa shape index (κ1) is 31.6. The summed E-state index contributed by atoms with van der Waals surface area (Å²) in [6.07, 6.45) is 0. The molecule has 0 aliphatic heterocycles. The second kappa shape index (κ2) is 21.1. The van der Waals surface area contributed by atoms with Gasteiger partial charge in [-0.1, -0.05) is 122 Å². The van der Waals surface area contributed by atoms with Crippen LogP contribution in [0, 0.1) is 0 Å². The van der Waals surface area contributed by atoms with E-state index in [1.54, 1.807) is 11.8 Å². The predicted octanol–water partition coefficient (Wildman–Crippen LogP) is 11.0. The zero-order valence-corrected chi connectivity index (χ0v) is 23.9. The summed E-state index contributed by atoms with van der Waals surface area (Å²) in [4.78, 5) is 6.58. The molecule has 34 heavy (non-hydrogen) atoms. The van der Waals surface area contributed by atoms with Crippen LogP contribution in [0.3, 0.4) is 0 Å². The van der Waals surface area contributed by atoms with E-state index in [-0.39, 0.29) is 10.9 Å². The van der Waals surface area contributed by atoms with E-state index in [0.717, 1.165) is 0 Å². The Balaban J connectivity index is 0.00000124. The van der Waals surface area contributed by atoms with Crippen molar-refractivity contribution < 1.29 is 0 Å². The molecule has 0 aliphatic carbocycles. The van der Waals surface area contributed by atoms with Crippen LogP contribution < -0.4 is 0 Å². The summed E-state index contributed by atoms with van der Waals surface area (Å²) < 4.78 is 0. The fraction of sp³-hybridized carbons (Fsp3) is 0.250. The average molecular weight is 492 g/mol. The second-order valence-electron chi connectivity index (χ2n) is 5.82. The monoisotopic (exact) mass is 491 g/mol. The molecule has 0 atom stereocenters. The highest BCUT2D eigenvalue weighted by atomic mass is 32.2. The van der Waals surface area contributed by atoms with Gasteiger partial charge in [-0.15, -0.1) is 0 Å². The van der Waals surface area contributed by atoms with Gasteiger partial charge in [0.2, 0.25) is 0 Å². The lowest BCUT2D eigenvalue weighted by molar-refractivity contribution is 1.28. The standard InChI is InChI=1S/C24H19S2.4C2H6/c1-4-10-20(11-5-1)25-21-16-18-24(19-17-21)26(22-12-6-2-7-13-22)23-14-8-3-9-15-23;4*1-2/h1-19H;4*1-2H3/q+1;;;;. The van der Waals surface area contributed by atoms with Gasteiger partial charge in [0.25, 0.3) is 0 Å². The molecule has 0 N–H and O–H groups in total. The Labute approximate surface area is 217 Å². The molecule has 0 heterocycles. The molecule has 0 aromatic heterocycles. The van der Waals surface area contributed by atoms with Gasteiger partial charge in [0.15, 0.2) is 14.7 Å². The molecule has 4 aromatic rings. The summed E-state index contributed by atoms with van der Waals surface area (Å²) in [5, 5.41) is 0. The van der Waals surface area contributed by atoms with Crippen molar-refractivity contribution in [3.8, 4) is 0 Å². The first-order valence-electron chi connectivity index (χ1n) is 12.6. The molecule has 0 nitrogen and oxygen atoms in total. The third-order valence-corrected chi connectivity index (χ3v) is 7.24. The van der Waals surface area contributed by atoms with E-state index in [1.807, 2.05) is 55.4 Å². The van der Waals surface area contributed by atoms with Gasteiger partial charge < -0.3 is 0 Å². The second-order valence-corrected chi connectivity index (χ2v) is 8.99. The number of rotatable bonds is 5. The zero-order chi connectivity index (χ0) is 25.6. The minimum Gasteiger partial charge on any atom is -0.0901 e. The van der Waals surface area contributed by atoms with Crippen molar-refractivity contribution >= 4 is 22.7 Å². The summed E-state index contributed by atoms with van der Waals surface area (Å²) in [6, 6.07) is 41.1. The van der Waals surface area contributed by atoms with Crippen molar-refractivity contribution in [1.82, 2.24) is 0 Å². The predicted molar refractivity (Wildman–Crippen MR) is 157 cm³/mol. The van der Waals surface area contributed by atoms with E-state index in [9.17, 15) is 0 Å². The van der Waals surface area contributed by atoms with Gasteiger partial charge in [0.05, 0.1) is 10.9 Å². The van der Waals surface area contributed by atoms with E-state index in [2.05, 4.69) is 115 Å². The van der Waals surface area contributed by atoms with Crippen LogP contribution in [0.4, 0.5) is 0 Å². The van der Waals surface area contributed by atoms with Gasteiger partial charge in [-0.3, -0.25) is 0 Å². The molecular weight excluding hydrogens is 448 g/mol. The van der Waals surface area contributed by atoms with E-state index in [1.165, 1.54) is 24.5 Å². The van der Waals surface area contributed by atoms with E-state index in [0.29, 0.717) is 0 Å². The molecule has 0 amide bonds. The molecule has 0 aliphatic rings. The zero-order valence-electron chi connectivity index (χ0n) is 22.3. The van der Waals surface area contributed by atoms with Crippen LogP contribution in [0.1, 0.15) is 55.4 Å². The van der Waals surface area contributed by atoms with Crippen LogP contribution in [0.2, 0.25) is 0 Å². The van der Waals surface area contributed by atoms with Crippen molar-refractivity contribution in [2.75, 3.05) is 0 Å². The Bertz CT molecular complexity index is 895. The van der Waals surface area contributed by atoms with Gasteiger partial charge in [-0.25, -0.2) is 0 Å². The summed E-state index contributed by atoms with van der Waals surface area (Å²) in [5.74, 6) is 0. The normalized spacial score (nSPS) is 8.97. The Kier molecular flexibility index (Phi) is 19.6. The molecule has 4 aromatic carbocycles. The number of hydrogen-bond acceptors (Lipinski definition) is 1. The van der Waals surface area contributed by atoms with Crippen molar-refractivity contribution in [3.63, 3.8) is 0 Å². The van der Waals surface area contributed by atoms with E-state index >= 15 is 0 Å². The molecule has 0 saturated carbocycles. The quantitative estimate of drug-likeness (QED) is 0.250. The molecule has 2 heteroatoms. The molecule has 0 spiro atoms. The molecular formula is C32H43S2+. The van der Waals surface area contributed by atoms with Gasteiger partial charge in [0, 0.05) is 9.79 Å². The lowest BCUT2D eigenvalue weighted by Crippen LogP contribution is -2.04. The minimum absolute atomic E-state index is 0.0786. The van der Waals surface area contributed by atoms with Crippen LogP contribution >= 0.6 is 11.8 Å². The number of hydrogen-bond donors (Lipinski definition) is 0. The van der Waals surface area contributed by atoms with Gasteiger partial charge in [-0.2, -0.15) is 0 Å². The van der Waals surface area contributed by atoms with E-state index < -0.39 is 0 Å². The molecule has 0 radical (unpaired) electrons. The van der Waals surface area contributed by atoms with E-state index in [4.69, 9.17) is 0 Å². The smallest absolute Gasteiger partial charge is 0.0901 e. The Morgan fingerprint density at radius 3 is 1.03 bits per heavy atom. The third-order valence-electron chi connectivity index (χ3n) is 4.00. The minimum atomic E-state index is -0.0786.